The number of aromatic amines is 1. The number of aromatic nitrogens is 4. The van der Waals surface area contributed by atoms with Crippen molar-refractivity contribution in [1.29, 1.82) is 0 Å². The standard InChI is InChI=1S/C20H25N5O2/c1-2-10-25-19(27)16-18(24-20(25)21-15-6-4-3-5-7-15)23-17(22-16)14-9-8-13(11-14)12-26/h3-7,13-14,26H,2,8-12H2,1H3,(H,21,24)(H,22,23). The summed E-state index contributed by atoms with van der Waals surface area (Å²) in [6.45, 7) is 2.83. The van der Waals surface area contributed by atoms with E-state index in [0.717, 1.165) is 37.2 Å². The Morgan fingerprint density at radius 1 is 1.26 bits per heavy atom. The summed E-state index contributed by atoms with van der Waals surface area (Å²) in [7, 11) is 0. The Morgan fingerprint density at radius 3 is 2.78 bits per heavy atom. The third-order valence-corrected chi connectivity index (χ3v) is 5.29. The van der Waals surface area contributed by atoms with Crippen molar-refractivity contribution >= 4 is 22.8 Å². The summed E-state index contributed by atoms with van der Waals surface area (Å²) in [5.41, 5.74) is 1.69. The van der Waals surface area contributed by atoms with Gasteiger partial charge in [-0.1, -0.05) is 25.1 Å². The van der Waals surface area contributed by atoms with Crippen LogP contribution in [0.25, 0.3) is 11.2 Å². The zero-order chi connectivity index (χ0) is 18.8. The predicted molar refractivity (Wildman–Crippen MR) is 105 cm³/mol. The van der Waals surface area contributed by atoms with E-state index in [2.05, 4.69) is 20.3 Å². The van der Waals surface area contributed by atoms with Gasteiger partial charge in [-0.15, -0.1) is 0 Å². The highest BCUT2D eigenvalue weighted by Crippen LogP contribution is 2.37. The first-order valence-electron chi connectivity index (χ1n) is 9.63. The second-order valence-corrected chi connectivity index (χ2v) is 7.26. The van der Waals surface area contributed by atoms with Gasteiger partial charge in [-0.3, -0.25) is 9.36 Å². The molecule has 1 aromatic carbocycles. The highest BCUT2D eigenvalue weighted by atomic mass is 16.3. The van der Waals surface area contributed by atoms with Crippen LogP contribution < -0.4 is 10.9 Å². The van der Waals surface area contributed by atoms with Crippen molar-refractivity contribution in [2.24, 2.45) is 5.92 Å². The summed E-state index contributed by atoms with van der Waals surface area (Å²) < 4.78 is 1.67. The van der Waals surface area contributed by atoms with Crippen LogP contribution in [0.1, 0.15) is 44.3 Å². The molecule has 1 aliphatic rings. The number of hydrogen-bond donors (Lipinski definition) is 3. The number of hydrogen-bond acceptors (Lipinski definition) is 5. The van der Waals surface area contributed by atoms with Crippen LogP contribution in [0.3, 0.4) is 0 Å². The van der Waals surface area contributed by atoms with E-state index in [9.17, 15) is 9.90 Å². The molecule has 27 heavy (non-hydrogen) atoms. The molecule has 1 aliphatic carbocycles. The lowest BCUT2D eigenvalue weighted by atomic mass is 10.1. The Bertz CT molecular complexity index is 979. The van der Waals surface area contributed by atoms with Crippen molar-refractivity contribution in [1.82, 2.24) is 19.5 Å². The lowest BCUT2D eigenvalue weighted by molar-refractivity contribution is 0.228. The maximum atomic E-state index is 13.0. The molecule has 2 heterocycles. The summed E-state index contributed by atoms with van der Waals surface area (Å²) in [4.78, 5) is 25.5. The normalized spacial score (nSPS) is 19.6. The monoisotopic (exact) mass is 367 g/mol. The zero-order valence-electron chi connectivity index (χ0n) is 15.5. The lowest BCUT2D eigenvalue weighted by Gasteiger charge is -2.12. The molecule has 142 valence electrons. The van der Waals surface area contributed by atoms with E-state index in [1.807, 2.05) is 37.3 Å². The predicted octanol–water partition coefficient (Wildman–Crippen LogP) is 3.15. The van der Waals surface area contributed by atoms with Gasteiger partial charge in [0.1, 0.15) is 5.82 Å². The van der Waals surface area contributed by atoms with Crippen molar-refractivity contribution in [3.05, 3.63) is 46.5 Å². The fourth-order valence-corrected chi connectivity index (χ4v) is 3.86. The highest BCUT2D eigenvalue weighted by molar-refractivity contribution is 5.72. The van der Waals surface area contributed by atoms with Crippen LogP contribution in [0.2, 0.25) is 0 Å². The smallest absolute Gasteiger partial charge is 0.280 e. The molecule has 2 aromatic heterocycles. The molecule has 7 heteroatoms. The third-order valence-electron chi connectivity index (χ3n) is 5.29. The number of benzene rings is 1. The van der Waals surface area contributed by atoms with Gasteiger partial charge in [0, 0.05) is 24.8 Å². The van der Waals surface area contributed by atoms with Crippen molar-refractivity contribution < 1.29 is 5.11 Å². The van der Waals surface area contributed by atoms with Crippen molar-refractivity contribution in [3.63, 3.8) is 0 Å². The number of aliphatic hydroxyl groups is 1. The Balaban J connectivity index is 1.74. The van der Waals surface area contributed by atoms with E-state index in [1.54, 1.807) is 4.57 Å². The number of H-pyrrole nitrogens is 1. The van der Waals surface area contributed by atoms with Crippen molar-refractivity contribution in [2.75, 3.05) is 11.9 Å². The number of nitrogens with one attached hydrogen (secondary N) is 2. The lowest BCUT2D eigenvalue weighted by Crippen LogP contribution is -2.24. The van der Waals surface area contributed by atoms with Gasteiger partial charge in [0.25, 0.3) is 5.56 Å². The van der Waals surface area contributed by atoms with Crippen LogP contribution in [-0.2, 0) is 6.54 Å². The summed E-state index contributed by atoms with van der Waals surface area (Å²) in [5.74, 6) is 1.90. The number of imidazole rings is 1. The van der Waals surface area contributed by atoms with Crippen LogP contribution in [0, 0.1) is 5.92 Å². The first-order chi connectivity index (χ1) is 13.2. The van der Waals surface area contributed by atoms with Gasteiger partial charge >= 0.3 is 0 Å². The summed E-state index contributed by atoms with van der Waals surface area (Å²) in [5, 5.41) is 12.6. The molecule has 7 nitrogen and oxygen atoms in total. The Kier molecular flexibility index (Phi) is 4.94. The number of anilines is 2. The second kappa shape index (κ2) is 7.52. The minimum Gasteiger partial charge on any atom is -0.396 e. The number of rotatable bonds is 6. The molecule has 3 aromatic rings. The van der Waals surface area contributed by atoms with Gasteiger partial charge < -0.3 is 15.4 Å². The molecule has 0 aliphatic heterocycles. The topological polar surface area (TPSA) is 95.8 Å². The van der Waals surface area contributed by atoms with E-state index in [1.165, 1.54) is 0 Å². The van der Waals surface area contributed by atoms with Crippen LogP contribution in [0.15, 0.2) is 35.1 Å². The molecule has 0 bridgehead atoms. The quantitative estimate of drug-likeness (QED) is 0.622. The van der Waals surface area contributed by atoms with Gasteiger partial charge in [0.15, 0.2) is 11.2 Å². The summed E-state index contributed by atoms with van der Waals surface area (Å²) >= 11 is 0. The number of aliphatic hydroxyl groups excluding tert-OH is 1. The van der Waals surface area contributed by atoms with Gasteiger partial charge in [-0.25, -0.2) is 4.98 Å². The van der Waals surface area contributed by atoms with E-state index in [-0.39, 0.29) is 18.1 Å². The molecule has 1 saturated carbocycles. The Labute approximate surface area is 157 Å². The van der Waals surface area contributed by atoms with E-state index < -0.39 is 0 Å². The third kappa shape index (κ3) is 3.47. The van der Waals surface area contributed by atoms with Crippen LogP contribution >= 0.6 is 0 Å². The van der Waals surface area contributed by atoms with Gasteiger partial charge in [0.05, 0.1) is 0 Å². The molecule has 0 spiro atoms. The van der Waals surface area contributed by atoms with Crippen LogP contribution in [-0.4, -0.2) is 31.2 Å². The minimum absolute atomic E-state index is 0.101. The second-order valence-electron chi connectivity index (χ2n) is 7.26. The highest BCUT2D eigenvalue weighted by Gasteiger charge is 2.28. The Hall–Kier alpha value is -2.67. The molecule has 0 saturated heterocycles. The average molecular weight is 367 g/mol. The number of nitrogens with zero attached hydrogens (tertiary/aromatic N) is 3. The van der Waals surface area contributed by atoms with E-state index in [4.69, 9.17) is 0 Å². The molecule has 0 amide bonds. The molecule has 1 fully saturated rings. The molecule has 0 radical (unpaired) electrons. The largest absolute Gasteiger partial charge is 0.396 e. The maximum Gasteiger partial charge on any atom is 0.280 e. The zero-order valence-corrected chi connectivity index (χ0v) is 15.5. The minimum atomic E-state index is -0.101. The fraction of sp³-hybridized carbons (Fsp3) is 0.450. The average Bonchev–Trinajstić information content (AvgIpc) is 3.32. The summed E-state index contributed by atoms with van der Waals surface area (Å²) in [6, 6.07) is 9.70. The van der Waals surface area contributed by atoms with Gasteiger partial charge in [-0.2, -0.15) is 4.98 Å². The van der Waals surface area contributed by atoms with Crippen molar-refractivity contribution in [2.45, 2.75) is 45.1 Å². The number of para-hydroxylation sites is 1. The van der Waals surface area contributed by atoms with Gasteiger partial charge in [-0.05, 0) is 43.7 Å². The summed E-state index contributed by atoms with van der Waals surface area (Å²) in [6.07, 6.45) is 3.70. The molecular weight excluding hydrogens is 342 g/mol. The Morgan fingerprint density at radius 2 is 2.07 bits per heavy atom. The molecule has 2 unspecified atom stereocenters. The van der Waals surface area contributed by atoms with Crippen LogP contribution in [0.5, 0.6) is 0 Å². The van der Waals surface area contributed by atoms with Crippen LogP contribution in [0.4, 0.5) is 11.6 Å². The van der Waals surface area contributed by atoms with E-state index >= 15 is 0 Å². The number of fused-ring (bicyclic) bond motifs is 1. The molecule has 4 rings (SSSR count). The SMILES string of the molecule is CCCn1c(Nc2ccccc2)nc2nc(C3CCC(CO)C3)[nH]c2c1=O. The first-order valence-corrected chi connectivity index (χ1v) is 9.63. The van der Waals surface area contributed by atoms with E-state index in [0.29, 0.717) is 29.6 Å². The molecular formula is C20H25N5O2. The fourth-order valence-electron chi connectivity index (χ4n) is 3.86. The first kappa shape index (κ1) is 17.7. The maximum absolute atomic E-state index is 13.0. The van der Waals surface area contributed by atoms with Crippen molar-refractivity contribution in [3.8, 4) is 0 Å². The van der Waals surface area contributed by atoms with Gasteiger partial charge in [0.2, 0.25) is 5.95 Å². The molecule has 2 atom stereocenters. The molecule has 3 N–H and O–H groups in total.